The molecule has 2 N–H and O–H groups in total. The summed E-state index contributed by atoms with van der Waals surface area (Å²) in [6.45, 7) is 2.18. The number of nitrogens with one attached hydrogen (secondary N) is 1. The van der Waals surface area contributed by atoms with Gasteiger partial charge in [-0.05, 0) is 61.6 Å². The first-order valence-electron chi connectivity index (χ1n) is 16.5. The van der Waals surface area contributed by atoms with E-state index < -0.39 is 17.5 Å². The van der Waals surface area contributed by atoms with E-state index >= 15 is 4.39 Å². The minimum absolute atomic E-state index is 0.0190. The molecule has 6 unspecified atom stereocenters. The van der Waals surface area contributed by atoms with Crippen molar-refractivity contribution in [2.75, 3.05) is 31.1 Å². The Morgan fingerprint density at radius 1 is 1.09 bits per heavy atom. The summed E-state index contributed by atoms with van der Waals surface area (Å²) in [6.07, 6.45) is 13.5. The van der Waals surface area contributed by atoms with Gasteiger partial charge in [0, 0.05) is 66.9 Å². The smallest absolute Gasteiger partial charge is 0.319 e. The lowest BCUT2D eigenvalue weighted by atomic mass is 9.89. The van der Waals surface area contributed by atoms with E-state index in [0.29, 0.717) is 70.1 Å². The van der Waals surface area contributed by atoms with Crippen molar-refractivity contribution in [3.63, 3.8) is 0 Å². The van der Waals surface area contributed by atoms with Crippen LogP contribution in [0.2, 0.25) is 0 Å². The van der Waals surface area contributed by atoms with Gasteiger partial charge >= 0.3 is 6.01 Å². The van der Waals surface area contributed by atoms with Crippen LogP contribution in [0.4, 0.5) is 14.6 Å². The normalized spacial score (nSPS) is 30.2. The molecule has 4 saturated heterocycles. The maximum absolute atomic E-state index is 16.9. The number of pyridine rings is 1. The number of hydrogen-bond acceptors (Lipinski definition) is 8. The highest BCUT2D eigenvalue weighted by Crippen LogP contribution is 2.52. The van der Waals surface area contributed by atoms with E-state index in [9.17, 15) is 9.50 Å². The van der Waals surface area contributed by atoms with Crippen LogP contribution in [0.25, 0.3) is 32.9 Å². The number of fused-ring (bicyclic) bond motifs is 7. The number of nitrogens with zero attached hydrogens (tertiary/aromatic N) is 5. The summed E-state index contributed by atoms with van der Waals surface area (Å²) in [7, 11) is 0. The maximum Gasteiger partial charge on any atom is 0.319 e. The molecule has 5 aliphatic rings. The van der Waals surface area contributed by atoms with Crippen LogP contribution in [0.3, 0.4) is 0 Å². The molecule has 2 bridgehead atoms. The Hall–Kier alpha value is -4.07. The summed E-state index contributed by atoms with van der Waals surface area (Å²) >= 11 is 0. The second kappa shape index (κ2) is 10.5. The number of anilines is 1. The Kier molecular flexibility index (Phi) is 6.42. The number of phenols is 1. The molecule has 1 saturated carbocycles. The first-order valence-corrected chi connectivity index (χ1v) is 16.5. The second-order valence-electron chi connectivity index (χ2n) is 14.0. The van der Waals surface area contributed by atoms with Gasteiger partial charge in [-0.15, -0.1) is 6.42 Å². The number of terminal acetylenes is 1. The van der Waals surface area contributed by atoms with Gasteiger partial charge in [-0.25, -0.2) is 8.78 Å². The van der Waals surface area contributed by atoms with Gasteiger partial charge in [0.2, 0.25) is 0 Å². The molecule has 1 aliphatic carbocycles. The Labute approximate surface area is 266 Å². The molecule has 5 fully saturated rings. The van der Waals surface area contributed by atoms with E-state index in [1.54, 1.807) is 18.3 Å². The fraction of sp³-hybridized carbons (Fsp3) is 0.472. The highest BCUT2D eigenvalue weighted by molar-refractivity contribution is 6.02. The summed E-state index contributed by atoms with van der Waals surface area (Å²) in [5.74, 6) is 3.19. The van der Waals surface area contributed by atoms with Crippen LogP contribution in [-0.2, 0) is 0 Å². The summed E-state index contributed by atoms with van der Waals surface area (Å²) in [5, 5.41) is 16.1. The van der Waals surface area contributed by atoms with E-state index in [-0.39, 0.29) is 29.6 Å². The SMILES string of the molecule is C#Cc1cccc2cc(O)cc(-c3ncc4c(N5CC6CCC(C5)N6)nc(OCC56CC(F)CN5C5CCCC5C6)nc4c3F)c12. The number of phenolic OH excluding ortho intramolecular Hbond substituents is 1. The Morgan fingerprint density at radius 3 is 2.76 bits per heavy atom. The van der Waals surface area contributed by atoms with Crippen LogP contribution in [0.1, 0.15) is 50.5 Å². The highest BCUT2D eigenvalue weighted by atomic mass is 19.1. The van der Waals surface area contributed by atoms with Gasteiger partial charge in [0.25, 0.3) is 0 Å². The van der Waals surface area contributed by atoms with Gasteiger partial charge in [0.1, 0.15) is 35.6 Å². The molecule has 0 amide bonds. The predicted molar refractivity (Wildman–Crippen MR) is 172 cm³/mol. The molecular formula is C36H36F2N6O2. The zero-order valence-corrected chi connectivity index (χ0v) is 25.6. The average Bonchev–Trinajstić information content (AvgIpc) is 3.79. The van der Waals surface area contributed by atoms with Crippen molar-refractivity contribution in [2.24, 2.45) is 5.92 Å². The third-order valence-electron chi connectivity index (χ3n) is 11.3. The van der Waals surface area contributed by atoms with Gasteiger partial charge in [0.05, 0.1) is 10.9 Å². The van der Waals surface area contributed by atoms with Crippen molar-refractivity contribution < 1.29 is 18.6 Å². The summed E-state index contributed by atoms with van der Waals surface area (Å²) in [6, 6.07) is 9.68. The lowest BCUT2D eigenvalue weighted by Crippen LogP contribution is -2.51. The number of rotatable bonds is 5. The molecule has 10 heteroatoms. The molecule has 4 aliphatic heterocycles. The first kappa shape index (κ1) is 28.2. The molecular weight excluding hydrogens is 586 g/mol. The van der Waals surface area contributed by atoms with Gasteiger partial charge < -0.3 is 20.1 Å². The maximum atomic E-state index is 16.9. The summed E-state index contributed by atoms with van der Waals surface area (Å²) < 4.78 is 38.2. The predicted octanol–water partition coefficient (Wildman–Crippen LogP) is 5.35. The third kappa shape index (κ3) is 4.35. The molecule has 4 aromatic rings. The topological polar surface area (TPSA) is 86.6 Å². The Morgan fingerprint density at radius 2 is 1.93 bits per heavy atom. The number of halogens is 2. The van der Waals surface area contributed by atoms with Crippen molar-refractivity contribution in [3.05, 3.63) is 47.9 Å². The number of alkyl halides is 1. The fourth-order valence-electron chi connectivity index (χ4n) is 9.45. The van der Waals surface area contributed by atoms with Crippen LogP contribution < -0.4 is 15.0 Å². The standard InChI is InChI=1S/C36H36F2N6O2/c1-2-20-5-3-6-21-11-26(45)12-27(30(20)21)32-31(38)33-28(15-39-32)34(43-17-24-9-10-25(18-43)40-24)42-35(41-33)46-19-36-13-22-7-4-8-29(22)44(36)16-23(37)14-36/h1,3,5-6,11-12,15,22-25,29,40,45H,4,7-10,13-14,16-19H2. The summed E-state index contributed by atoms with van der Waals surface area (Å²) in [4.78, 5) is 18.7. The van der Waals surface area contributed by atoms with Gasteiger partial charge in [-0.2, -0.15) is 9.97 Å². The van der Waals surface area contributed by atoms with Crippen LogP contribution in [-0.4, -0.2) is 81.0 Å². The van der Waals surface area contributed by atoms with Crippen LogP contribution in [0.15, 0.2) is 36.5 Å². The van der Waals surface area contributed by atoms with E-state index in [2.05, 4.69) is 31.0 Å². The van der Waals surface area contributed by atoms with Crippen molar-refractivity contribution in [1.29, 1.82) is 0 Å². The number of hydrogen-bond donors (Lipinski definition) is 2. The number of aromatic nitrogens is 3. The number of aromatic hydroxyl groups is 1. The lowest BCUT2D eigenvalue weighted by Gasteiger charge is -2.35. The third-order valence-corrected chi connectivity index (χ3v) is 11.3. The average molecular weight is 623 g/mol. The minimum atomic E-state index is -0.884. The molecule has 6 heterocycles. The Balaban J connectivity index is 1.16. The van der Waals surface area contributed by atoms with Gasteiger partial charge in [-0.1, -0.05) is 24.5 Å². The minimum Gasteiger partial charge on any atom is -0.508 e. The number of ether oxygens (including phenoxy) is 1. The van der Waals surface area contributed by atoms with E-state index in [1.807, 2.05) is 12.1 Å². The van der Waals surface area contributed by atoms with Crippen molar-refractivity contribution in [2.45, 2.75) is 74.8 Å². The van der Waals surface area contributed by atoms with E-state index in [1.165, 1.54) is 18.9 Å². The monoisotopic (exact) mass is 622 g/mol. The molecule has 46 heavy (non-hydrogen) atoms. The molecule has 9 rings (SSSR count). The largest absolute Gasteiger partial charge is 0.508 e. The highest BCUT2D eigenvalue weighted by Gasteiger charge is 2.58. The summed E-state index contributed by atoms with van der Waals surface area (Å²) in [5.41, 5.74) is 0.702. The van der Waals surface area contributed by atoms with Crippen molar-refractivity contribution in [3.8, 4) is 35.4 Å². The number of benzene rings is 2. The molecule has 2 aromatic carbocycles. The second-order valence-corrected chi connectivity index (χ2v) is 14.0. The first-order chi connectivity index (χ1) is 22.4. The molecule has 236 valence electrons. The quantitative estimate of drug-likeness (QED) is 0.289. The van der Waals surface area contributed by atoms with Crippen LogP contribution in [0.5, 0.6) is 11.8 Å². The van der Waals surface area contributed by atoms with Crippen molar-refractivity contribution in [1.82, 2.24) is 25.2 Å². The van der Waals surface area contributed by atoms with Gasteiger partial charge in [0.15, 0.2) is 5.82 Å². The zero-order chi connectivity index (χ0) is 31.2. The molecule has 8 nitrogen and oxygen atoms in total. The molecule has 0 spiro atoms. The lowest BCUT2D eigenvalue weighted by molar-refractivity contribution is 0.0832. The Bertz CT molecular complexity index is 1920. The van der Waals surface area contributed by atoms with Crippen molar-refractivity contribution >= 4 is 27.5 Å². The van der Waals surface area contributed by atoms with E-state index in [4.69, 9.17) is 16.1 Å². The molecule has 2 aromatic heterocycles. The van der Waals surface area contributed by atoms with Crippen LogP contribution in [0, 0.1) is 24.1 Å². The van der Waals surface area contributed by atoms with Crippen LogP contribution >= 0.6 is 0 Å². The molecule has 6 atom stereocenters. The van der Waals surface area contributed by atoms with E-state index in [0.717, 1.165) is 38.8 Å². The van der Waals surface area contributed by atoms with Gasteiger partial charge in [-0.3, -0.25) is 9.88 Å². The number of piperazine rings is 1. The fourth-order valence-corrected chi connectivity index (χ4v) is 9.45. The zero-order valence-electron chi connectivity index (χ0n) is 25.6. The molecule has 0 radical (unpaired) electrons.